The smallest absolute Gasteiger partial charge is 0.293 e. The first-order valence-electron chi connectivity index (χ1n) is 9.40. The van der Waals surface area contributed by atoms with Crippen LogP contribution in [0.25, 0.3) is 6.08 Å². The molecule has 28 heavy (non-hydrogen) atoms. The molecule has 3 amide bonds. The predicted octanol–water partition coefficient (Wildman–Crippen LogP) is 3.06. The molecule has 0 unspecified atom stereocenters. The molecule has 6 nitrogen and oxygen atoms in total. The van der Waals surface area contributed by atoms with Crippen LogP contribution in [0, 0.1) is 17.8 Å². The number of hydrogen-bond donors (Lipinski definition) is 1. The van der Waals surface area contributed by atoms with Crippen LogP contribution in [0.2, 0.25) is 0 Å². The van der Waals surface area contributed by atoms with Gasteiger partial charge in [-0.25, -0.2) is 0 Å². The van der Waals surface area contributed by atoms with Crippen LogP contribution in [0.3, 0.4) is 0 Å². The van der Waals surface area contributed by atoms with Gasteiger partial charge in [0, 0.05) is 19.0 Å². The number of nitrogens with one attached hydrogen (secondary N) is 1. The SMILES string of the molecule is COc1ccc(/C=C2\SC(=O)N(CCNC(=O)[C@@H]3C[C@@H]4C=C[C@@H]3C4)C2=O)cc1. The summed E-state index contributed by atoms with van der Waals surface area (Å²) >= 11 is 0.926. The summed E-state index contributed by atoms with van der Waals surface area (Å²) in [6.07, 6.45) is 8.00. The Morgan fingerprint density at radius 1 is 1.25 bits per heavy atom. The molecule has 1 N–H and O–H groups in total. The second-order valence-corrected chi connectivity index (χ2v) is 8.28. The van der Waals surface area contributed by atoms with Crippen molar-refractivity contribution in [2.45, 2.75) is 12.8 Å². The van der Waals surface area contributed by atoms with Gasteiger partial charge in [0.25, 0.3) is 11.1 Å². The summed E-state index contributed by atoms with van der Waals surface area (Å²) in [5.41, 5.74) is 0.823. The van der Waals surface area contributed by atoms with Crippen LogP contribution in [0.4, 0.5) is 4.79 Å². The average molecular weight is 398 g/mol. The summed E-state index contributed by atoms with van der Waals surface area (Å²) in [5.74, 6) is 1.34. The fourth-order valence-electron chi connectivity index (χ4n) is 4.05. The molecule has 1 heterocycles. The molecular weight excluding hydrogens is 376 g/mol. The van der Waals surface area contributed by atoms with Gasteiger partial charge >= 0.3 is 0 Å². The number of imide groups is 1. The molecule has 1 saturated heterocycles. The molecule has 0 aromatic heterocycles. The lowest BCUT2D eigenvalue weighted by molar-refractivity contribution is -0.127. The van der Waals surface area contributed by atoms with Gasteiger partial charge in [-0.15, -0.1) is 0 Å². The molecule has 3 atom stereocenters. The zero-order valence-electron chi connectivity index (χ0n) is 15.6. The van der Waals surface area contributed by atoms with E-state index >= 15 is 0 Å². The minimum absolute atomic E-state index is 0.0256. The number of fused-ring (bicyclic) bond motifs is 2. The molecule has 2 bridgehead atoms. The predicted molar refractivity (Wildman–Crippen MR) is 108 cm³/mol. The molecule has 0 spiro atoms. The number of rotatable bonds is 6. The van der Waals surface area contributed by atoms with Crippen molar-refractivity contribution >= 4 is 34.9 Å². The fourth-order valence-corrected chi connectivity index (χ4v) is 4.91. The highest BCUT2D eigenvalue weighted by Gasteiger charge is 2.40. The van der Waals surface area contributed by atoms with Crippen LogP contribution in [0.1, 0.15) is 18.4 Å². The van der Waals surface area contributed by atoms with E-state index in [1.807, 2.05) is 12.1 Å². The Hall–Kier alpha value is -2.54. The molecule has 7 heteroatoms. The lowest BCUT2D eigenvalue weighted by Crippen LogP contribution is -2.40. The zero-order valence-corrected chi connectivity index (χ0v) is 16.4. The van der Waals surface area contributed by atoms with E-state index in [1.54, 1.807) is 25.3 Å². The van der Waals surface area contributed by atoms with Gasteiger partial charge in [0.15, 0.2) is 0 Å². The minimum Gasteiger partial charge on any atom is -0.497 e. The quantitative estimate of drug-likeness (QED) is 0.589. The largest absolute Gasteiger partial charge is 0.497 e. The maximum atomic E-state index is 12.5. The van der Waals surface area contributed by atoms with Crippen molar-refractivity contribution in [3.63, 3.8) is 0 Å². The van der Waals surface area contributed by atoms with E-state index in [1.165, 1.54) is 4.90 Å². The van der Waals surface area contributed by atoms with Gasteiger partial charge in [-0.1, -0.05) is 24.3 Å². The lowest BCUT2D eigenvalue weighted by atomic mass is 9.93. The Labute approximate surface area is 168 Å². The number of thioether (sulfide) groups is 1. The first-order chi connectivity index (χ1) is 13.5. The summed E-state index contributed by atoms with van der Waals surface area (Å²) in [4.78, 5) is 38.7. The van der Waals surface area contributed by atoms with Gasteiger partial charge in [0.1, 0.15) is 5.75 Å². The Bertz CT molecular complexity index is 862. The molecular formula is C21H22N2O4S. The van der Waals surface area contributed by atoms with E-state index in [2.05, 4.69) is 17.5 Å². The Morgan fingerprint density at radius 3 is 2.68 bits per heavy atom. The first kappa shape index (κ1) is 18.8. The third-order valence-corrected chi connectivity index (χ3v) is 6.44. The second-order valence-electron chi connectivity index (χ2n) is 7.28. The monoisotopic (exact) mass is 398 g/mol. The number of methoxy groups -OCH3 is 1. The van der Waals surface area contributed by atoms with Crippen LogP contribution in [-0.2, 0) is 9.59 Å². The molecule has 1 aromatic carbocycles. The molecule has 1 aromatic rings. The van der Waals surface area contributed by atoms with E-state index in [9.17, 15) is 14.4 Å². The average Bonchev–Trinajstić information content (AvgIpc) is 3.40. The van der Waals surface area contributed by atoms with Crippen LogP contribution < -0.4 is 10.1 Å². The van der Waals surface area contributed by atoms with E-state index < -0.39 is 0 Å². The van der Waals surface area contributed by atoms with Gasteiger partial charge in [-0.05, 0) is 60.2 Å². The number of nitrogens with zero attached hydrogens (tertiary/aromatic N) is 1. The highest BCUT2D eigenvalue weighted by Crippen LogP contribution is 2.43. The molecule has 3 aliphatic rings. The third-order valence-electron chi connectivity index (χ3n) is 5.54. The van der Waals surface area contributed by atoms with Crippen LogP contribution in [0.15, 0.2) is 41.3 Å². The Balaban J connectivity index is 1.32. The topological polar surface area (TPSA) is 75.7 Å². The molecule has 4 rings (SSSR count). The van der Waals surface area contributed by atoms with Crippen molar-refractivity contribution in [2.75, 3.05) is 20.2 Å². The summed E-state index contributed by atoms with van der Waals surface area (Å²) in [7, 11) is 1.59. The molecule has 2 fully saturated rings. The summed E-state index contributed by atoms with van der Waals surface area (Å²) in [6.45, 7) is 0.470. The van der Waals surface area contributed by atoms with Crippen molar-refractivity contribution in [2.24, 2.45) is 17.8 Å². The summed E-state index contributed by atoms with van der Waals surface area (Å²) in [6, 6.07) is 7.26. The number of hydrogen-bond acceptors (Lipinski definition) is 5. The van der Waals surface area contributed by atoms with E-state index in [-0.39, 0.29) is 36.1 Å². The summed E-state index contributed by atoms with van der Waals surface area (Å²) < 4.78 is 5.12. The summed E-state index contributed by atoms with van der Waals surface area (Å²) in [5, 5.41) is 2.59. The number of amides is 3. The van der Waals surface area contributed by atoms with Gasteiger partial charge in [0.2, 0.25) is 5.91 Å². The first-order valence-corrected chi connectivity index (χ1v) is 10.2. The lowest BCUT2D eigenvalue weighted by Gasteiger charge is -2.19. The molecule has 1 saturated carbocycles. The third kappa shape index (κ3) is 3.71. The second kappa shape index (κ2) is 7.83. The normalized spacial score (nSPS) is 27.1. The van der Waals surface area contributed by atoms with E-state index in [4.69, 9.17) is 4.74 Å². The standard InChI is InChI=1S/C21H22N2O4S/c1-27-16-6-3-13(4-7-16)12-18-20(25)23(21(26)28-18)9-8-22-19(24)17-11-14-2-5-15(17)10-14/h2-7,12,14-15,17H,8-11H2,1H3,(H,22,24)/b18-12-/t14-,15-,17-/m1/s1. The Morgan fingerprint density at radius 2 is 2.04 bits per heavy atom. The van der Waals surface area contributed by atoms with Crippen molar-refractivity contribution in [3.8, 4) is 5.75 Å². The van der Waals surface area contributed by atoms with Crippen molar-refractivity contribution in [3.05, 3.63) is 46.9 Å². The molecule has 1 aliphatic heterocycles. The van der Waals surface area contributed by atoms with Gasteiger partial charge < -0.3 is 10.1 Å². The molecule has 146 valence electrons. The number of ether oxygens (including phenoxy) is 1. The van der Waals surface area contributed by atoms with Gasteiger partial charge in [-0.3, -0.25) is 19.3 Å². The van der Waals surface area contributed by atoms with E-state index in [0.717, 1.165) is 35.9 Å². The highest BCUT2D eigenvalue weighted by atomic mass is 32.2. The molecule has 0 radical (unpaired) electrons. The van der Waals surface area contributed by atoms with Crippen molar-refractivity contribution < 1.29 is 19.1 Å². The zero-order chi connectivity index (χ0) is 19.7. The van der Waals surface area contributed by atoms with Crippen molar-refractivity contribution in [1.82, 2.24) is 10.2 Å². The van der Waals surface area contributed by atoms with Gasteiger partial charge in [0.05, 0.1) is 12.0 Å². The van der Waals surface area contributed by atoms with E-state index in [0.29, 0.717) is 16.7 Å². The number of carbonyl (C=O) groups is 3. The number of carbonyl (C=O) groups excluding carboxylic acids is 3. The van der Waals surface area contributed by atoms with Crippen LogP contribution in [-0.4, -0.2) is 42.2 Å². The van der Waals surface area contributed by atoms with Gasteiger partial charge in [-0.2, -0.15) is 0 Å². The Kier molecular flexibility index (Phi) is 5.26. The highest BCUT2D eigenvalue weighted by molar-refractivity contribution is 8.18. The van der Waals surface area contributed by atoms with Crippen molar-refractivity contribution in [1.29, 1.82) is 0 Å². The maximum absolute atomic E-state index is 12.5. The number of allylic oxidation sites excluding steroid dienone is 2. The maximum Gasteiger partial charge on any atom is 0.293 e. The van der Waals surface area contributed by atoms with Crippen LogP contribution >= 0.6 is 11.8 Å². The fraction of sp³-hybridized carbons (Fsp3) is 0.381. The number of benzene rings is 1. The van der Waals surface area contributed by atoms with Crippen LogP contribution in [0.5, 0.6) is 5.75 Å². The molecule has 2 aliphatic carbocycles. The minimum atomic E-state index is -0.317.